The van der Waals surface area contributed by atoms with Crippen LogP contribution in [-0.4, -0.2) is 62.9 Å². The number of allylic oxidation sites excluding steroid dienone is 2. The van der Waals surface area contributed by atoms with E-state index in [1.54, 1.807) is 6.07 Å². The number of carbonyl (C=O) groups excluding carboxylic acids is 1. The lowest BCUT2D eigenvalue weighted by atomic mass is 9.60. The number of hydrogen-bond donors (Lipinski definition) is 4. The van der Waals surface area contributed by atoms with Crippen molar-refractivity contribution in [3.63, 3.8) is 0 Å². The Bertz CT molecular complexity index is 986. The van der Waals surface area contributed by atoms with E-state index >= 15 is 0 Å². The molecule has 1 aromatic carbocycles. The summed E-state index contributed by atoms with van der Waals surface area (Å²) in [6, 6.07) is 5.58. The van der Waals surface area contributed by atoms with Crippen LogP contribution in [0.25, 0.3) is 0 Å². The standard InChI is InChI=1S/C24H28O8/c1-24-9-8-14-13-5-3-12(10-11(13)2-4-15(14)16(24)6-7-17(24)25)31-23-20(28)18(26)19(27)21(32-23)22(29)30/h3-5,10,14,16,18-21,23,26-28H,2,6-9H2,1H3,(H,29,30)/t14-,16+,18+,19-,20+,21-,23+,24-/m0/s1. The Labute approximate surface area is 185 Å². The Balaban J connectivity index is 1.36. The molecule has 8 heteroatoms. The first-order valence-electron chi connectivity index (χ1n) is 11.2. The van der Waals surface area contributed by atoms with Crippen molar-refractivity contribution in [1.29, 1.82) is 0 Å². The number of Topliss-reactive ketones (excluding diaryl/α,β-unsaturated/α-hetero) is 1. The largest absolute Gasteiger partial charge is 0.479 e. The van der Waals surface area contributed by atoms with Crippen molar-refractivity contribution in [2.45, 2.75) is 75.7 Å². The van der Waals surface area contributed by atoms with Crippen molar-refractivity contribution >= 4 is 11.8 Å². The molecule has 5 rings (SSSR count). The topological polar surface area (TPSA) is 134 Å². The van der Waals surface area contributed by atoms with Gasteiger partial charge < -0.3 is 29.9 Å². The monoisotopic (exact) mass is 444 g/mol. The molecule has 2 saturated carbocycles. The lowest BCUT2D eigenvalue weighted by Gasteiger charge is -2.43. The van der Waals surface area contributed by atoms with Crippen LogP contribution in [0.5, 0.6) is 5.75 Å². The number of ketones is 1. The summed E-state index contributed by atoms with van der Waals surface area (Å²) in [4.78, 5) is 23.8. The molecule has 1 aliphatic heterocycles. The molecule has 32 heavy (non-hydrogen) atoms. The van der Waals surface area contributed by atoms with Gasteiger partial charge in [-0.05, 0) is 54.9 Å². The van der Waals surface area contributed by atoms with Gasteiger partial charge in [0, 0.05) is 17.8 Å². The second kappa shape index (κ2) is 7.66. The fourth-order valence-corrected chi connectivity index (χ4v) is 6.08. The number of hydrogen-bond acceptors (Lipinski definition) is 7. The molecule has 4 aliphatic rings. The number of benzene rings is 1. The Kier molecular flexibility index (Phi) is 5.16. The smallest absolute Gasteiger partial charge is 0.335 e. The average molecular weight is 444 g/mol. The van der Waals surface area contributed by atoms with E-state index in [9.17, 15) is 30.0 Å². The number of rotatable bonds is 3. The Morgan fingerprint density at radius 1 is 1.16 bits per heavy atom. The summed E-state index contributed by atoms with van der Waals surface area (Å²) in [5, 5.41) is 39.2. The molecule has 0 aromatic heterocycles. The van der Waals surface area contributed by atoms with Gasteiger partial charge in [0.1, 0.15) is 29.8 Å². The third kappa shape index (κ3) is 3.20. The number of carboxylic acids is 1. The van der Waals surface area contributed by atoms with Gasteiger partial charge in [0.25, 0.3) is 0 Å². The summed E-state index contributed by atoms with van der Waals surface area (Å²) in [6.45, 7) is 2.11. The van der Waals surface area contributed by atoms with E-state index < -0.39 is 36.7 Å². The minimum Gasteiger partial charge on any atom is -0.479 e. The maximum Gasteiger partial charge on any atom is 0.335 e. The number of aliphatic hydroxyl groups is 3. The minimum absolute atomic E-state index is 0.233. The summed E-state index contributed by atoms with van der Waals surface area (Å²) in [5.41, 5.74) is 3.42. The number of aliphatic hydroxyl groups excluding tert-OH is 3. The van der Waals surface area contributed by atoms with Crippen LogP contribution in [0.15, 0.2) is 29.8 Å². The number of fused-ring (bicyclic) bond motifs is 5. The van der Waals surface area contributed by atoms with Crippen molar-refractivity contribution < 1.29 is 39.5 Å². The first-order chi connectivity index (χ1) is 15.2. The molecule has 1 heterocycles. The molecule has 3 aliphatic carbocycles. The molecule has 1 saturated heterocycles. The van der Waals surface area contributed by atoms with E-state index in [-0.39, 0.29) is 11.3 Å². The fraction of sp³-hybridized carbons (Fsp3) is 0.583. The van der Waals surface area contributed by atoms with Gasteiger partial charge in [-0.2, -0.15) is 0 Å². The molecule has 3 fully saturated rings. The van der Waals surface area contributed by atoms with Crippen molar-refractivity contribution in [3.8, 4) is 5.75 Å². The second-order valence-electron chi connectivity index (χ2n) is 9.64. The second-order valence-corrected chi connectivity index (χ2v) is 9.64. The molecule has 0 radical (unpaired) electrons. The lowest BCUT2D eigenvalue weighted by molar-refractivity contribution is -0.271. The predicted octanol–water partition coefficient (Wildman–Crippen LogP) is 1.30. The molecular weight excluding hydrogens is 416 g/mol. The highest BCUT2D eigenvalue weighted by molar-refractivity contribution is 5.88. The predicted molar refractivity (Wildman–Crippen MR) is 111 cm³/mol. The van der Waals surface area contributed by atoms with E-state index in [0.29, 0.717) is 30.3 Å². The third-order valence-corrected chi connectivity index (χ3v) is 7.94. The quantitative estimate of drug-likeness (QED) is 0.513. The van der Waals surface area contributed by atoms with Crippen molar-refractivity contribution in [3.05, 3.63) is 41.0 Å². The molecule has 8 atom stereocenters. The number of aliphatic carboxylic acids is 1. The molecule has 1 aromatic rings. The summed E-state index contributed by atoms with van der Waals surface area (Å²) in [6.07, 6.45) is -1.86. The molecule has 172 valence electrons. The summed E-state index contributed by atoms with van der Waals surface area (Å²) in [7, 11) is 0. The van der Waals surface area contributed by atoms with Gasteiger partial charge >= 0.3 is 5.97 Å². The van der Waals surface area contributed by atoms with Crippen molar-refractivity contribution in [2.75, 3.05) is 0 Å². The number of carbonyl (C=O) groups is 2. The van der Waals surface area contributed by atoms with Crippen molar-refractivity contribution in [1.82, 2.24) is 0 Å². The first kappa shape index (κ1) is 21.6. The van der Waals surface area contributed by atoms with Crippen LogP contribution in [0.3, 0.4) is 0 Å². The maximum atomic E-state index is 12.5. The molecule has 0 unspecified atom stereocenters. The highest BCUT2D eigenvalue weighted by atomic mass is 16.7. The summed E-state index contributed by atoms with van der Waals surface area (Å²) < 4.78 is 10.9. The summed E-state index contributed by atoms with van der Waals surface area (Å²) in [5.74, 6) is -0.0931. The van der Waals surface area contributed by atoms with Crippen LogP contribution < -0.4 is 4.74 Å². The highest BCUT2D eigenvalue weighted by Crippen LogP contribution is 2.58. The SMILES string of the molecule is C[C@]12CC[C@@H]3C(=CCc4cc(O[C@@H]5O[C@H](C(=O)O)[C@@H](O)[C@@H](O)[C@H]5O)ccc43)[C@H]1CCC2=O. The van der Waals surface area contributed by atoms with Gasteiger partial charge in [-0.25, -0.2) is 4.79 Å². The fourth-order valence-electron chi connectivity index (χ4n) is 6.08. The van der Waals surface area contributed by atoms with Crippen molar-refractivity contribution in [2.24, 2.45) is 11.3 Å². The van der Waals surface area contributed by atoms with Gasteiger partial charge in [0.05, 0.1) is 0 Å². The van der Waals surface area contributed by atoms with E-state index in [0.717, 1.165) is 24.8 Å². The average Bonchev–Trinajstić information content (AvgIpc) is 3.08. The maximum absolute atomic E-state index is 12.5. The van der Waals surface area contributed by atoms with Gasteiger partial charge in [-0.15, -0.1) is 0 Å². The summed E-state index contributed by atoms with van der Waals surface area (Å²) >= 11 is 0. The van der Waals surface area contributed by atoms with E-state index in [2.05, 4.69) is 13.0 Å². The van der Waals surface area contributed by atoms with Crippen LogP contribution in [0, 0.1) is 11.3 Å². The highest BCUT2D eigenvalue weighted by Gasteiger charge is 2.52. The zero-order valence-corrected chi connectivity index (χ0v) is 17.8. The molecule has 8 nitrogen and oxygen atoms in total. The van der Waals surface area contributed by atoms with Gasteiger partial charge in [-0.1, -0.05) is 24.6 Å². The molecule has 0 amide bonds. The zero-order chi connectivity index (χ0) is 22.8. The van der Waals surface area contributed by atoms with E-state index in [1.807, 2.05) is 12.1 Å². The zero-order valence-electron chi connectivity index (χ0n) is 17.8. The van der Waals surface area contributed by atoms with Gasteiger partial charge in [0.2, 0.25) is 6.29 Å². The van der Waals surface area contributed by atoms with Crippen LogP contribution in [0.1, 0.15) is 49.7 Å². The Morgan fingerprint density at radius 3 is 2.69 bits per heavy atom. The molecule has 4 N–H and O–H groups in total. The van der Waals surface area contributed by atoms with Crippen LogP contribution in [-0.2, 0) is 20.7 Å². The Hall–Kier alpha value is -2.26. The normalized spacial score (nSPS) is 40.7. The van der Waals surface area contributed by atoms with Gasteiger partial charge in [-0.3, -0.25) is 4.79 Å². The van der Waals surface area contributed by atoms with Gasteiger partial charge in [0.15, 0.2) is 6.10 Å². The molecule has 0 spiro atoms. The third-order valence-electron chi connectivity index (χ3n) is 7.94. The van der Waals surface area contributed by atoms with Crippen LogP contribution >= 0.6 is 0 Å². The van der Waals surface area contributed by atoms with E-state index in [4.69, 9.17) is 9.47 Å². The minimum atomic E-state index is -1.76. The molecule has 0 bridgehead atoms. The lowest BCUT2D eigenvalue weighted by Crippen LogP contribution is -2.61. The van der Waals surface area contributed by atoms with Crippen LogP contribution in [0.2, 0.25) is 0 Å². The number of carboxylic acid groups (broad SMARTS) is 1. The Morgan fingerprint density at radius 2 is 1.94 bits per heavy atom. The number of ether oxygens (including phenoxy) is 2. The molecular formula is C24H28O8. The van der Waals surface area contributed by atoms with E-state index in [1.165, 1.54) is 11.1 Å². The first-order valence-corrected chi connectivity index (χ1v) is 11.2. The van der Waals surface area contributed by atoms with Crippen LogP contribution in [0.4, 0.5) is 0 Å².